The van der Waals surface area contributed by atoms with Crippen LogP contribution in [-0.4, -0.2) is 50.5 Å². The smallest absolute Gasteiger partial charge is 0.340 e. The third kappa shape index (κ3) is 9.08. The normalized spacial score (nSPS) is 12.0. The summed E-state index contributed by atoms with van der Waals surface area (Å²) in [5.41, 5.74) is 1.65. The van der Waals surface area contributed by atoms with Crippen LogP contribution in [0.15, 0.2) is 144 Å². The van der Waals surface area contributed by atoms with Crippen molar-refractivity contribution < 1.29 is 34.8 Å². The number of benzene rings is 4. The number of sulfone groups is 1. The maximum atomic E-state index is 13.0. The molecule has 0 fully saturated rings. The van der Waals surface area contributed by atoms with Crippen LogP contribution in [-0.2, 0) is 22.2 Å². The molecule has 8 aromatic rings. The lowest BCUT2D eigenvalue weighted by Crippen LogP contribution is -2.08. The van der Waals surface area contributed by atoms with E-state index in [0.717, 1.165) is 33.7 Å². The van der Waals surface area contributed by atoms with Gasteiger partial charge in [-0.15, -0.1) is 11.8 Å². The number of rotatable bonds is 8. The van der Waals surface area contributed by atoms with Crippen molar-refractivity contribution in [3.8, 4) is 11.4 Å². The van der Waals surface area contributed by atoms with Crippen LogP contribution < -0.4 is 10.6 Å². The van der Waals surface area contributed by atoms with Gasteiger partial charge in [0.1, 0.15) is 11.6 Å². The molecule has 296 valence electrons. The summed E-state index contributed by atoms with van der Waals surface area (Å²) in [5, 5.41) is 15.0. The summed E-state index contributed by atoms with van der Waals surface area (Å²) >= 11 is 1.64. The molecular weight excluding hydrogens is 803 g/mol. The van der Waals surface area contributed by atoms with Crippen LogP contribution in [0.2, 0.25) is 0 Å². The van der Waals surface area contributed by atoms with Crippen LogP contribution in [0.3, 0.4) is 0 Å². The number of nitrogens with one attached hydrogen (secondary N) is 2. The van der Waals surface area contributed by atoms with E-state index in [1.165, 1.54) is 29.2 Å². The number of hydrogen-bond acceptors (Lipinski definition) is 9. The molecule has 4 aromatic heterocycles. The number of fused-ring (bicyclic) bond motifs is 2. The van der Waals surface area contributed by atoms with Crippen LogP contribution in [0.4, 0.5) is 49.4 Å². The van der Waals surface area contributed by atoms with Crippen molar-refractivity contribution in [1.29, 1.82) is 0 Å². The number of hydrogen-bond donors (Lipinski definition) is 2. The molecular formula is C40H30F6N8O2S2. The van der Waals surface area contributed by atoms with Crippen LogP contribution in [0.25, 0.3) is 33.2 Å². The zero-order valence-corrected chi connectivity index (χ0v) is 31.9. The molecule has 58 heavy (non-hydrogen) atoms. The largest absolute Gasteiger partial charge is 0.435 e. The van der Waals surface area contributed by atoms with E-state index in [-0.39, 0.29) is 4.90 Å². The van der Waals surface area contributed by atoms with Gasteiger partial charge in [-0.2, -0.15) is 36.5 Å². The van der Waals surface area contributed by atoms with Crippen LogP contribution in [0.5, 0.6) is 0 Å². The third-order valence-corrected chi connectivity index (χ3v) is 10.4. The quantitative estimate of drug-likeness (QED) is 0.114. The number of pyridine rings is 2. The van der Waals surface area contributed by atoms with E-state index in [1.807, 2.05) is 54.8 Å². The Kier molecular flexibility index (Phi) is 10.9. The summed E-state index contributed by atoms with van der Waals surface area (Å²) in [4.78, 5) is 10.4. The van der Waals surface area contributed by atoms with E-state index in [4.69, 9.17) is 0 Å². The minimum absolute atomic E-state index is 0.177. The molecule has 0 saturated carbocycles. The Hall–Kier alpha value is -6.40. The Morgan fingerprint density at radius 2 is 1.00 bits per heavy atom. The van der Waals surface area contributed by atoms with Gasteiger partial charge >= 0.3 is 12.4 Å². The van der Waals surface area contributed by atoms with Gasteiger partial charge in [-0.05, 0) is 79.1 Å². The summed E-state index contributed by atoms with van der Waals surface area (Å²) in [6.45, 7) is 0. The Bertz CT molecular complexity index is 2840. The number of alkyl halides is 6. The first-order chi connectivity index (χ1) is 27.5. The fourth-order valence-electron chi connectivity index (χ4n) is 5.80. The molecule has 0 amide bonds. The molecule has 0 bridgehead atoms. The standard InChI is InChI=1S/C20H15F3N4O2S.C20H15F3N4S/c1-30(28,29)14-8-6-13(7-9-14)24-19-12-17(15-4-2-3-5-16(15)25-19)27-11-10-18(26-27)20(21,22)23;1-28-14-8-6-13(7-9-14)24-19-12-17(15-4-2-3-5-16(15)25-19)27-11-10-18(26-27)20(21,22)23/h2-12H,1H3,(H,24,25);2-12H,1H3,(H,24,25). The lowest BCUT2D eigenvalue weighted by atomic mass is 10.2. The summed E-state index contributed by atoms with van der Waals surface area (Å²) in [7, 11) is -3.32. The summed E-state index contributed by atoms with van der Waals surface area (Å²) < 4.78 is 103. The second-order valence-corrected chi connectivity index (χ2v) is 15.5. The highest BCUT2D eigenvalue weighted by Crippen LogP contribution is 2.32. The third-order valence-electron chi connectivity index (χ3n) is 8.56. The van der Waals surface area contributed by atoms with Gasteiger partial charge in [0.05, 0.1) is 27.3 Å². The van der Waals surface area contributed by atoms with Gasteiger partial charge in [0, 0.05) is 57.8 Å². The van der Waals surface area contributed by atoms with E-state index in [9.17, 15) is 34.8 Å². The highest BCUT2D eigenvalue weighted by molar-refractivity contribution is 7.98. The van der Waals surface area contributed by atoms with Crippen molar-refractivity contribution in [3.05, 3.63) is 145 Å². The molecule has 18 heteroatoms. The Labute approximate surface area is 331 Å². The van der Waals surface area contributed by atoms with Crippen molar-refractivity contribution in [3.63, 3.8) is 0 Å². The molecule has 4 aromatic carbocycles. The minimum Gasteiger partial charge on any atom is -0.340 e. The van der Waals surface area contributed by atoms with Gasteiger partial charge in [0.2, 0.25) is 0 Å². The van der Waals surface area contributed by atoms with Gasteiger partial charge in [-0.3, -0.25) is 0 Å². The Morgan fingerprint density at radius 3 is 1.38 bits per heavy atom. The second kappa shape index (κ2) is 15.9. The van der Waals surface area contributed by atoms with E-state index in [0.29, 0.717) is 50.5 Å². The topological polar surface area (TPSA) is 120 Å². The van der Waals surface area contributed by atoms with Crippen molar-refractivity contribution >= 4 is 66.4 Å². The van der Waals surface area contributed by atoms with Gasteiger partial charge in [0.25, 0.3) is 0 Å². The maximum Gasteiger partial charge on any atom is 0.435 e. The average Bonchev–Trinajstić information content (AvgIpc) is 3.90. The number of thioether (sulfide) groups is 1. The fraction of sp³-hybridized carbons (Fsp3) is 0.100. The van der Waals surface area contributed by atoms with E-state index >= 15 is 0 Å². The predicted octanol–water partition coefficient (Wildman–Crippen LogP) is 10.5. The first kappa shape index (κ1) is 39.8. The van der Waals surface area contributed by atoms with Crippen molar-refractivity contribution in [2.75, 3.05) is 23.1 Å². The van der Waals surface area contributed by atoms with E-state index < -0.39 is 33.6 Å². The van der Waals surface area contributed by atoms with Gasteiger partial charge in [-0.25, -0.2) is 27.7 Å². The lowest BCUT2D eigenvalue weighted by Gasteiger charge is -2.12. The first-order valence-electron chi connectivity index (χ1n) is 17.1. The molecule has 0 atom stereocenters. The zero-order valence-electron chi connectivity index (χ0n) is 30.3. The lowest BCUT2D eigenvalue weighted by molar-refractivity contribution is -0.142. The molecule has 10 nitrogen and oxygen atoms in total. The van der Waals surface area contributed by atoms with Crippen LogP contribution in [0, 0.1) is 0 Å². The number of nitrogens with zero attached hydrogens (tertiary/aromatic N) is 6. The molecule has 0 unspecified atom stereocenters. The fourth-order valence-corrected chi connectivity index (χ4v) is 6.83. The minimum atomic E-state index is -4.55. The Morgan fingerprint density at radius 1 is 0.586 bits per heavy atom. The predicted molar refractivity (Wildman–Crippen MR) is 212 cm³/mol. The highest BCUT2D eigenvalue weighted by atomic mass is 32.2. The van der Waals surface area contributed by atoms with Crippen molar-refractivity contribution in [1.82, 2.24) is 29.5 Å². The van der Waals surface area contributed by atoms with Gasteiger partial charge < -0.3 is 10.6 Å². The summed E-state index contributed by atoms with van der Waals surface area (Å²) in [6.07, 6.45) is -3.37. The van der Waals surface area contributed by atoms with Crippen LogP contribution in [0.1, 0.15) is 11.4 Å². The van der Waals surface area contributed by atoms with E-state index in [1.54, 1.807) is 60.3 Å². The average molecular weight is 833 g/mol. The first-order valence-corrected chi connectivity index (χ1v) is 20.2. The number of halogens is 6. The summed E-state index contributed by atoms with van der Waals surface area (Å²) in [5.74, 6) is 0.898. The van der Waals surface area contributed by atoms with Crippen molar-refractivity contribution in [2.45, 2.75) is 22.1 Å². The molecule has 0 aliphatic rings. The van der Waals surface area contributed by atoms with Crippen molar-refractivity contribution in [2.24, 2.45) is 0 Å². The molecule has 4 heterocycles. The van der Waals surface area contributed by atoms with Crippen LogP contribution >= 0.6 is 11.8 Å². The molecule has 0 radical (unpaired) electrons. The number of anilines is 4. The number of para-hydroxylation sites is 2. The van der Waals surface area contributed by atoms with E-state index in [2.05, 4.69) is 30.8 Å². The molecule has 0 aliphatic heterocycles. The molecule has 0 aliphatic carbocycles. The van der Waals surface area contributed by atoms with Gasteiger partial charge in [-0.1, -0.05) is 36.4 Å². The molecule has 0 spiro atoms. The molecule has 2 N–H and O–H groups in total. The Balaban J connectivity index is 0.000000177. The SMILES string of the molecule is CS(=O)(=O)c1ccc(Nc2cc(-n3ccc(C(F)(F)F)n3)c3ccccc3n2)cc1.CSc1ccc(Nc2cc(-n3ccc(C(F)(F)F)n3)c3ccccc3n2)cc1. The highest BCUT2D eigenvalue weighted by Gasteiger charge is 2.34. The monoisotopic (exact) mass is 832 g/mol. The second-order valence-electron chi connectivity index (χ2n) is 12.6. The van der Waals surface area contributed by atoms with Gasteiger partial charge in [0.15, 0.2) is 21.2 Å². The number of aromatic nitrogens is 6. The molecule has 0 saturated heterocycles. The summed E-state index contributed by atoms with van der Waals surface area (Å²) in [6, 6.07) is 33.4. The molecule has 8 rings (SSSR count). The maximum absolute atomic E-state index is 13.0. The zero-order chi connectivity index (χ0) is 41.2.